The van der Waals surface area contributed by atoms with Gasteiger partial charge in [0.05, 0.1) is 23.0 Å². The molecule has 1 unspecified atom stereocenters. The number of hydrogen-bond donors (Lipinski definition) is 1. The predicted octanol–water partition coefficient (Wildman–Crippen LogP) is 4.61. The minimum absolute atomic E-state index is 0.00391. The first-order valence-corrected chi connectivity index (χ1v) is 7.40. The molecule has 0 spiro atoms. The molecule has 1 aliphatic rings. The maximum absolute atomic E-state index is 12.5. The van der Waals surface area contributed by atoms with Crippen LogP contribution in [0.25, 0.3) is 0 Å². The maximum atomic E-state index is 12.5. The number of benzene rings is 1. The van der Waals surface area contributed by atoms with E-state index in [9.17, 15) is 4.79 Å². The van der Waals surface area contributed by atoms with Crippen LogP contribution in [0.4, 0.5) is 10.5 Å². The van der Waals surface area contributed by atoms with Crippen molar-refractivity contribution in [3.8, 4) is 0 Å². The second kappa shape index (κ2) is 5.82. The zero-order valence-corrected chi connectivity index (χ0v) is 12.6. The first-order valence-electron chi connectivity index (χ1n) is 7.02. The van der Waals surface area contributed by atoms with Crippen molar-refractivity contribution in [1.29, 1.82) is 0 Å². The van der Waals surface area contributed by atoms with Crippen molar-refractivity contribution >= 4 is 23.3 Å². The first-order chi connectivity index (χ1) is 10.1. The van der Waals surface area contributed by atoms with Gasteiger partial charge in [-0.3, -0.25) is 0 Å². The van der Waals surface area contributed by atoms with Crippen molar-refractivity contribution in [3.05, 3.63) is 52.9 Å². The van der Waals surface area contributed by atoms with E-state index >= 15 is 0 Å². The molecule has 0 bridgehead atoms. The third kappa shape index (κ3) is 2.90. The molecule has 1 fully saturated rings. The lowest BCUT2D eigenvalue weighted by Gasteiger charge is -2.23. The zero-order chi connectivity index (χ0) is 14.8. The topological polar surface area (TPSA) is 45.5 Å². The summed E-state index contributed by atoms with van der Waals surface area (Å²) in [6.07, 6.45) is 3.53. The Morgan fingerprint density at radius 1 is 1.43 bits per heavy atom. The van der Waals surface area contributed by atoms with Crippen molar-refractivity contribution < 1.29 is 9.21 Å². The number of halogens is 1. The van der Waals surface area contributed by atoms with Gasteiger partial charge in [-0.25, -0.2) is 4.79 Å². The van der Waals surface area contributed by atoms with Crippen LogP contribution in [0.5, 0.6) is 0 Å². The van der Waals surface area contributed by atoms with Gasteiger partial charge in [0, 0.05) is 6.54 Å². The SMILES string of the molecule is Cc1ccc(NC(=O)N2CCCC2c2ccco2)c(Cl)c1. The second-order valence-corrected chi connectivity index (χ2v) is 5.69. The molecule has 2 heterocycles. The van der Waals surface area contributed by atoms with Crippen LogP contribution in [-0.4, -0.2) is 17.5 Å². The van der Waals surface area contributed by atoms with Crippen molar-refractivity contribution in [2.24, 2.45) is 0 Å². The molecule has 0 aliphatic carbocycles. The average Bonchev–Trinajstić information content (AvgIpc) is 3.10. The number of anilines is 1. The fraction of sp³-hybridized carbons (Fsp3) is 0.312. The Kier molecular flexibility index (Phi) is 3.88. The Bertz CT molecular complexity index is 640. The molecule has 3 rings (SSSR count). The van der Waals surface area contributed by atoms with Crippen molar-refractivity contribution in [1.82, 2.24) is 4.90 Å². The van der Waals surface area contributed by atoms with E-state index in [1.54, 1.807) is 11.2 Å². The van der Waals surface area contributed by atoms with Crippen LogP contribution in [0.2, 0.25) is 5.02 Å². The highest BCUT2D eigenvalue weighted by Crippen LogP contribution is 2.33. The molecule has 110 valence electrons. The Hall–Kier alpha value is -1.94. The highest BCUT2D eigenvalue weighted by atomic mass is 35.5. The van der Waals surface area contributed by atoms with Gasteiger partial charge < -0.3 is 14.6 Å². The van der Waals surface area contributed by atoms with E-state index in [0.717, 1.165) is 30.7 Å². The molecule has 1 aliphatic heterocycles. The molecule has 2 amide bonds. The quantitative estimate of drug-likeness (QED) is 0.880. The lowest BCUT2D eigenvalue weighted by atomic mass is 10.2. The number of carbonyl (C=O) groups is 1. The Balaban J connectivity index is 1.75. The number of nitrogens with zero attached hydrogens (tertiary/aromatic N) is 1. The van der Waals surface area contributed by atoms with Gasteiger partial charge in [0.25, 0.3) is 0 Å². The summed E-state index contributed by atoms with van der Waals surface area (Å²) in [6, 6.07) is 9.22. The summed E-state index contributed by atoms with van der Waals surface area (Å²) in [5.74, 6) is 0.831. The van der Waals surface area contributed by atoms with Gasteiger partial charge in [0.2, 0.25) is 0 Å². The van der Waals surface area contributed by atoms with Crippen LogP contribution in [0.1, 0.15) is 30.2 Å². The van der Waals surface area contributed by atoms with E-state index in [1.165, 1.54) is 0 Å². The molecule has 1 aromatic heterocycles. The number of hydrogen-bond acceptors (Lipinski definition) is 2. The Morgan fingerprint density at radius 3 is 3.00 bits per heavy atom. The number of carbonyl (C=O) groups excluding carboxylic acids is 1. The van der Waals surface area contributed by atoms with Crippen molar-refractivity contribution in [2.45, 2.75) is 25.8 Å². The minimum Gasteiger partial charge on any atom is -0.467 e. The molecule has 0 saturated carbocycles. The lowest BCUT2D eigenvalue weighted by molar-refractivity contribution is 0.200. The number of likely N-dealkylation sites (tertiary alicyclic amines) is 1. The third-order valence-corrected chi connectivity index (χ3v) is 4.06. The van der Waals surface area contributed by atoms with Gasteiger partial charge >= 0.3 is 6.03 Å². The molecular weight excluding hydrogens is 288 g/mol. The molecule has 4 nitrogen and oxygen atoms in total. The molecule has 2 aromatic rings. The van der Waals surface area contributed by atoms with Crippen LogP contribution < -0.4 is 5.32 Å². The van der Waals surface area contributed by atoms with Gasteiger partial charge in [0.1, 0.15) is 5.76 Å². The molecule has 5 heteroatoms. The molecular formula is C16H17ClN2O2. The van der Waals surface area contributed by atoms with Crippen LogP contribution in [0.3, 0.4) is 0 Å². The van der Waals surface area contributed by atoms with Gasteiger partial charge in [0.15, 0.2) is 0 Å². The third-order valence-electron chi connectivity index (χ3n) is 3.75. The predicted molar refractivity (Wildman–Crippen MR) is 82.6 cm³/mol. The highest BCUT2D eigenvalue weighted by molar-refractivity contribution is 6.33. The van der Waals surface area contributed by atoms with Crippen LogP contribution in [0, 0.1) is 6.92 Å². The Labute approximate surface area is 128 Å². The minimum atomic E-state index is -0.139. The first kappa shape index (κ1) is 14.0. The lowest BCUT2D eigenvalue weighted by Crippen LogP contribution is -2.34. The summed E-state index contributed by atoms with van der Waals surface area (Å²) in [6.45, 7) is 2.69. The molecule has 1 saturated heterocycles. The highest BCUT2D eigenvalue weighted by Gasteiger charge is 2.31. The summed E-state index contributed by atoms with van der Waals surface area (Å²) in [4.78, 5) is 14.3. The van der Waals surface area contributed by atoms with E-state index < -0.39 is 0 Å². The summed E-state index contributed by atoms with van der Waals surface area (Å²) in [5.41, 5.74) is 1.70. The van der Waals surface area contributed by atoms with Gasteiger partial charge in [-0.15, -0.1) is 0 Å². The van der Waals surface area contributed by atoms with E-state index in [2.05, 4.69) is 5.32 Å². The number of rotatable bonds is 2. The summed E-state index contributed by atoms with van der Waals surface area (Å²) >= 11 is 6.16. The van der Waals surface area contributed by atoms with Crippen LogP contribution in [-0.2, 0) is 0 Å². The van der Waals surface area contributed by atoms with Gasteiger partial charge in [-0.1, -0.05) is 17.7 Å². The molecule has 1 N–H and O–H groups in total. The van der Waals surface area contributed by atoms with Crippen molar-refractivity contribution in [2.75, 3.05) is 11.9 Å². The monoisotopic (exact) mass is 304 g/mol. The zero-order valence-electron chi connectivity index (χ0n) is 11.8. The summed E-state index contributed by atoms with van der Waals surface area (Å²) < 4.78 is 5.44. The smallest absolute Gasteiger partial charge is 0.322 e. The Morgan fingerprint density at radius 2 is 2.29 bits per heavy atom. The maximum Gasteiger partial charge on any atom is 0.322 e. The number of furan rings is 1. The summed E-state index contributed by atoms with van der Waals surface area (Å²) in [5, 5.41) is 3.44. The molecule has 0 radical (unpaired) electrons. The number of nitrogens with one attached hydrogen (secondary N) is 1. The number of urea groups is 1. The molecule has 21 heavy (non-hydrogen) atoms. The van der Waals surface area contributed by atoms with Crippen LogP contribution >= 0.6 is 11.6 Å². The fourth-order valence-corrected chi connectivity index (χ4v) is 2.98. The van der Waals surface area contributed by atoms with Crippen molar-refractivity contribution in [3.63, 3.8) is 0 Å². The number of aryl methyl sites for hydroxylation is 1. The molecule has 1 atom stereocenters. The summed E-state index contributed by atoms with van der Waals surface area (Å²) in [7, 11) is 0. The van der Waals surface area contributed by atoms with Gasteiger partial charge in [-0.05, 0) is 49.6 Å². The van der Waals surface area contributed by atoms with E-state index in [-0.39, 0.29) is 12.1 Å². The van der Waals surface area contributed by atoms with E-state index in [1.807, 2.05) is 37.3 Å². The normalized spacial score (nSPS) is 18.0. The number of amides is 2. The van der Waals surface area contributed by atoms with Crippen LogP contribution in [0.15, 0.2) is 41.0 Å². The standard InChI is InChI=1S/C16H17ClN2O2/c1-11-6-7-13(12(17)10-11)18-16(20)19-8-2-4-14(19)15-5-3-9-21-15/h3,5-7,9-10,14H,2,4,8H2,1H3,(H,18,20). The van der Waals surface area contributed by atoms with E-state index in [0.29, 0.717) is 10.7 Å². The van der Waals surface area contributed by atoms with Gasteiger partial charge in [-0.2, -0.15) is 0 Å². The molecule has 1 aromatic carbocycles. The largest absolute Gasteiger partial charge is 0.467 e. The second-order valence-electron chi connectivity index (χ2n) is 5.28. The van der Waals surface area contributed by atoms with E-state index in [4.69, 9.17) is 16.0 Å². The average molecular weight is 305 g/mol. The fourth-order valence-electron chi connectivity index (χ4n) is 2.69.